The molecule has 5 heterocycles. The lowest BCUT2D eigenvalue weighted by Crippen LogP contribution is -2.30. The van der Waals surface area contributed by atoms with Gasteiger partial charge in [-0.15, -0.1) is 0 Å². The van der Waals surface area contributed by atoms with Gasteiger partial charge in [-0.05, 0) is 53.1 Å². The number of hydrogen-bond donors (Lipinski definition) is 0. The van der Waals surface area contributed by atoms with E-state index in [1.807, 2.05) is 46.0 Å². The van der Waals surface area contributed by atoms with Crippen molar-refractivity contribution in [3.8, 4) is 11.6 Å². The number of amides is 1. The van der Waals surface area contributed by atoms with Crippen LogP contribution < -0.4 is 0 Å². The third kappa shape index (κ3) is 2.94. The van der Waals surface area contributed by atoms with Crippen LogP contribution >= 0.6 is 11.3 Å². The van der Waals surface area contributed by atoms with E-state index in [2.05, 4.69) is 9.55 Å². The van der Waals surface area contributed by atoms with Gasteiger partial charge in [0.05, 0.1) is 18.7 Å². The van der Waals surface area contributed by atoms with Crippen molar-refractivity contribution in [2.75, 3.05) is 13.1 Å². The van der Waals surface area contributed by atoms with Gasteiger partial charge in [-0.1, -0.05) is 0 Å². The fourth-order valence-electron chi connectivity index (χ4n) is 3.71. The maximum Gasteiger partial charge on any atom is 0.227 e. The van der Waals surface area contributed by atoms with Crippen LogP contribution in [0, 0.1) is 0 Å². The highest BCUT2D eigenvalue weighted by Gasteiger charge is 2.31. The molecule has 4 aromatic heterocycles. The van der Waals surface area contributed by atoms with Gasteiger partial charge in [0, 0.05) is 19.3 Å². The first-order chi connectivity index (χ1) is 13.3. The van der Waals surface area contributed by atoms with E-state index in [4.69, 9.17) is 9.40 Å². The molecule has 136 valence electrons. The molecule has 5 rings (SSSR count). The molecule has 0 spiro atoms. The quantitative estimate of drug-likeness (QED) is 0.542. The SMILES string of the molecule is O=C(Cc1ccsc1)N1CCC(n2c(-c3ccco3)nc3cccnc32)C1. The van der Waals surface area contributed by atoms with Crippen molar-refractivity contribution in [2.45, 2.75) is 18.9 Å². The topological polar surface area (TPSA) is 64.2 Å². The van der Waals surface area contributed by atoms with E-state index >= 15 is 0 Å². The maximum atomic E-state index is 12.7. The average molecular weight is 378 g/mol. The van der Waals surface area contributed by atoms with Crippen molar-refractivity contribution in [3.05, 3.63) is 59.1 Å². The standard InChI is InChI=1S/C20H18N4O2S/c25-18(11-14-6-10-27-13-14)23-8-5-15(12-23)24-19-16(3-1-7-21-19)22-20(24)17-4-2-9-26-17/h1-4,6-7,9-10,13,15H,5,8,11-12H2. The summed E-state index contributed by atoms with van der Waals surface area (Å²) in [5.74, 6) is 1.66. The Hall–Kier alpha value is -2.93. The zero-order valence-corrected chi connectivity index (χ0v) is 15.4. The van der Waals surface area contributed by atoms with Crippen molar-refractivity contribution in [1.82, 2.24) is 19.4 Å². The van der Waals surface area contributed by atoms with Crippen LogP contribution in [0.5, 0.6) is 0 Å². The predicted octanol–water partition coefficient (Wildman–Crippen LogP) is 3.77. The van der Waals surface area contributed by atoms with E-state index in [1.54, 1.807) is 23.8 Å². The number of pyridine rings is 1. The summed E-state index contributed by atoms with van der Waals surface area (Å²) >= 11 is 1.62. The number of likely N-dealkylation sites (tertiary alicyclic amines) is 1. The molecule has 1 aliphatic rings. The Morgan fingerprint density at radius 1 is 1.30 bits per heavy atom. The summed E-state index contributed by atoms with van der Waals surface area (Å²) in [6.07, 6.45) is 4.77. The molecule has 0 N–H and O–H groups in total. The minimum Gasteiger partial charge on any atom is -0.461 e. The van der Waals surface area contributed by atoms with Gasteiger partial charge in [0.1, 0.15) is 5.52 Å². The number of furan rings is 1. The Morgan fingerprint density at radius 3 is 3.07 bits per heavy atom. The van der Waals surface area contributed by atoms with Crippen LogP contribution in [-0.4, -0.2) is 38.4 Å². The molecule has 6 nitrogen and oxygen atoms in total. The largest absolute Gasteiger partial charge is 0.461 e. The lowest BCUT2D eigenvalue weighted by molar-refractivity contribution is -0.129. The number of rotatable bonds is 4. The highest BCUT2D eigenvalue weighted by Crippen LogP contribution is 2.32. The lowest BCUT2D eigenvalue weighted by Gasteiger charge is -2.18. The van der Waals surface area contributed by atoms with E-state index in [0.29, 0.717) is 13.0 Å². The summed E-state index contributed by atoms with van der Waals surface area (Å²) < 4.78 is 7.73. The summed E-state index contributed by atoms with van der Waals surface area (Å²) in [6, 6.07) is 9.76. The molecular weight excluding hydrogens is 360 g/mol. The minimum atomic E-state index is 0.136. The van der Waals surface area contributed by atoms with Crippen LogP contribution in [0.4, 0.5) is 0 Å². The molecule has 0 saturated carbocycles. The van der Waals surface area contributed by atoms with Crippen LogP contribution in [0.2, 0.25) is 0 Å². The van der Waals surface area contributed by atoms with Crippen molar-refractivity contribution < 1.29 is 9.21 Å². The average Bonchev–Trinajstić information content (AvgIpc) is 3.46. The first-order valence-corrected chi connectivity index (χ1v) is 9.89. The molecule has 4 aromatic rings. The second-order valence-corrected chi connectivity index (χ2v) is 7.50. The van der Waals surface area contributed by atoms with Gasteiger partial charge in [0.15, 0.2) is 17.2 Å². The number of thiophene rings is 1. The Kier molecular flexibility index (Phi) is 4.01. The number of carbonyl (C=O) groups excluding carboxylic acids is 1. The first-order valence-electron chi connectivity index (χ1n) is 8.95. The van der Waals surface area contributed by atoms with E-state index in [0.717, 1.165) is 41.3 Å². The molecule has 0 aliphatic carbocycles. The molecule has 1 unspecified atom stereocenters. The van der Waals surface area contributed by atoms with Gasteiger partial charge in [-0.25, -0.2) is 9.97 Å². The van der Waals surface area contributed by atoms with Crippen molar-refractivity contribution >= 4 is 28.4 Å². The first kappa shape index (κ1) is 16.3. The molecule has 1 atom stereocenters. The summed E-state index contributed by atoms with van der Waals surface area (Å²) in [4.78, 5) is 23.9. The van der Waals surface area contributed by atoms with Crippen LogP contribution in [-0.2, 0) is 11.2 Å². The highest BCUT2D eigenvalue weighted by atomic mass is 32.1. The molecule has 1 saturated heterocycles. The van der Waals surface area contributed by atoms with Gasteiger partial charge in [-0.3, -0.25) is 4.79 Å². The maximum absolute atomic E-state index is 12.7. The van der Waals surface area contributed by atoms with Crippen molar-refractivity contribution in [2.24, 2.45) is 0 Å². The third-order valence-corrected chi connectivity index (χ3v) is 5.74. The van der Waals surface area contributed by atoms with E-state index in [1.165, 1.54) is 0 Å². The smallest absolute Gasteiger partial charge is 0.227 e. The Balaban J connectivity index is 1.46. The minimum absolute atomic E-state index is 0.136. The third-order valence-electron chi connectivity index (χ3n) is 5.01. The molecule has 0 radical (unpaired) electrons. The summed E-state index contributed by atoms with van der Waals surface area (Å²) in [5.41, 5.74) is 2.76. The molecule has 7 heteroatoms. The van der Waals surface area contributed by atoms with Gasteiger partial charge in [0.25, 0.3) is 0 Å². The number of carbonyl (C=O) groups is 1. The van der Waals surface area contributed by atoms with E-state index in [9.17, 15) is 4.79 Å². The molecule has 1 fully saturated rings. The Bertz CT molecular complexity index is 1070. The summed E-state index contributed by atoms with van der Waals surface area (Å²) in [5, 5.41) is 4.04. The van der Waals surface area contributed by atoms with E-state index in [-0.39, 0.29) is 11.9 Å². The van der Waals surface area contributed by atoms with Gasteiger partial charge in [0.2, 0.25) is 5.91 Å². The van der Waals surface area contributed by atoms with Crippen molar-refractivity contribution in [1.29, 1.82) is 0 Å². The fourth-order valence-corrected chi connectivity index (χ4v) is 4.38. The molecule has 1 aliphatic heterocycles. The number of imidazole rings is 1. The van der Waals surface area contributed by atoms with Crippen LogP contribution in [0.3, 0.4) is 0 Å². The van der Waals surface area contributed by atoms with Gasteiger partial charge >= 0.3 is 0 Å². The zero-order chi connectivity index (χ0) is 18.2. The van der Waals surface area contributed by atoms with Crippen LogP contribution in [0.15, 0.2) is 58.0 Å². The van der Waals surface area contributed by atoms with Crippen molar-refractivity contribution in [3.63, 3.8) is 0 Å². The number of fused-ring (bicyclic) bond motifs is 1. The predicted molar refractivity (Wildman–Crippen MR) is 103 cm³/mol. The lowest BCUT2D eigenvalue weighted by atomic mass is 10.2. The zero-order valence-electron chi connectivity index (χ0n) is 14.6. The normalized spacial score (nSPS) is 17.0. The Labute approximate surface area is 160 Å². The number of nitrogens with zero attached hydrogens (tertiary/aromatic N) is 4. The second kappa shape index (κ2) is 6.66. The number of aromatic nitrogens is 3. The summed E-state index contributed by atoms with van der Waals surface area (Å²) in [7, 11) is 0. The summed E-state index contributed by atoms with van der Waals surface area (Å²) in [6.45, 7) is 1.41. The van der Waals surface area contributed by atoms with Gasteiger partial charge in [-0.2, -0.15) is 11.3 Å². The van der Waals surface area contributed by atoms with E-state index < -0.39 is 0 Å². The number of hydrogen-bond acceptors (Lipinski definition) is 5. The second-order valence-electron chi connectivity index (χ2n) is 6.72. The monoisotopic (exact) mass is 378 g/mol. The molecule has 1 amide bonds. The molecule has 0 aromatic carbocycles. The van der Waals surface area contributed by atoms with Gasteiger partial charge < -0.3 is 13.9 Å². The molecular formula is C20H18N4O2S. The fraction of sp³-hybridized carbons (Fsp3) is 0.250. The molecule has 0 bridgehead atoms. The Morgan fingerprint density at radius 2 is 2.26 bits per heavy atom. The van der Waals surface area contributed by atoms with Crippen LogP contribution in [0.1, 0.15) is 18.0 Å². The molecule has 27 heavy (non-hydrogen) atoms. The highest BCUT2D eigenvalue weighted by molar-refractivity contribution is 7.08. The van der Waals surface area contributed by atoms with Crippen LogP contribution in [0.25, 0.3) is 22.7 Å².